The first-order valence-electron chi connectivity index (χ1n) is 13.7. The van der Waals surface area contributed by atoms with Gasteiger partial charge >= 0.3 is 0 Å². The van der Waals surface area contributed by atoms with Crippen LogP contribution in [0.25, 0.3) is 28.6 Å². The Hall–Kier alpha value is -2.74. The Balaban J connectivity index is 1.13. The summed E-state index contributed by atoms with van der Waals surface area (Å²) < 4.78 is 2.15. The molecule has 2 aromatic heterocycles. The number of piperazine rings is 1. The highest BCUT2D eigenvalue weighted by Crippen LogP contribution is 2.33. The fourth-order valence-corrected chi connectivity index (χ4v) is 6.01. The Morgan fingerprint density at radius 3 is 2.72 bits per heavy atom. The lowest BCUT2D eigenvalue weighted by Crippen LogP contribution is -2.45. The second-order valence-corrected chi connectivity index (χ2v) is 10.9. The van der Waals surface area contributed by atoms with Crippen molar-refractivity contribution in [1.82, 2.24) is 35.1 Å². The third kappa shape index (κ3) is 5.33. The third-order valence-corrected chi connectivity index (χ3v) is 8.33. The zero-order chi connectivity index (χ0) is 24.3. The van der Waals surface area contributed by atoms with E-state index in [-0.39, 0.29) is 0 Å². The molecule has 7 nitrogen and oxygen atoms in total. The van der Waals surface area contributed by atoms with E-state index in [1.165, 1.54) is 68.3 Å². The predicted molar refractivity (Wildman–Crippen MR) is 148 cm³/mol. The quantitative estimate of drug-likeness (QED) is 0.546. The summed E-state index contributed by atoms with van der Waals surface area (Å²) in [6.07, 6.45) is 16.9. The van der Waals surface area contributed by atoms with Gasteiger partial charge < -0.3 is 15.1 Å². The fraction of sp³-hybridized carbons (Fsp3) is 0.517. The lowest BCUT2D eigenvalue weighted by molar-refractivity contribution is 0.200. The third-order valence-electron chi connectivity index (χ3n) is 8.33. The summed E-state index contributed by atoms with van der Waals surface area (Å²) >= 11 is 0. The van der Waals surface area contributed by atoms with Crippen molar-refractivity contribution in [3.8, 4) is 0 Å². The molecule has 7 heteroatoms. The van der Waals surface area contributed by atoms with Gasteiger partial charge in [-0.05, 0) is 93.6 Å². The van der Waals surface area contributed by atoms with Crippen LogP contribution in [0.1, 0.15) is 55.0 Å². The van der Waals surface area contributed by atoms with Crippen LogP contribution in [0.15, 0.2) is 36.7 Å². The number of hydrogen-bond donors (Lipinski definition) is 2. The minimum absolute atomic E-state index is 0.511. The van der Waals surface area contributed by atoms with Gasteiger partial charge in [-0.1, -0.05) is 12.1 Å². The zero-order valence-electron chi connectivity index (χ0n) is 21.5. The number of fused-ring (bicyclic) bond motifs is 1. The molecule has 2 saturated heterocycles. The van der Waals surface area contributed by atoms with E-state index in [2.05, 4.69) is 84.8 Å². The molecule has 2 aliphatic heterocycles. The number of nitrogens with zero attached hydrogens (tertiary/aromatic N) is 5. The van der Waals surface area contributed by atoms with Crippen molar-refractivity contribution in [3.05, 3.63) is 53.5 Å². The molecule has 1 unspecified atom stereocenters. The topological polar surface area (TPSA) is 65.0 Å². The molecule has 4 heterocycles. The van der Waals surface area contributed by atoms with Crippen LogP contribution in [0.5, 0.6) is 0 Å². The van der Waals surface area contributed by atoms with Crippen molar-refractivity contribution in [3.63, 3.8) is 0 Å². The van der Waals surface area contributed by atoms with Crippen molar-refractivity contribution < 1.29 is 0 Å². The Kier molecular flexibility index (Phi) is 7.03. The smallest absolute Gasteiger partial charge is 0.0927 e. The molecule has 0 radical (unpaired) electrons. The van der Waals surface area contributed by atoms with E-state index in [1.54, 1.807) is 0 Å². The van der Waals surface area contributed by atoms with Crippen molar-refractivity contribution in [1.29, 1.82) is 0 Å². The van der Waals surface area contributed by atoms with Crippen LogP contribution in [0, 0.1) is 5.92 Å². The molecular formula is C29H39N7. The minimum atomic E-state index is 0.511. The maximum absolute atomic E-state index is 4.65. The summed E-state index contributed by atoms with van der Waals surface area (Å²) in [6, 6.07) is 7.27. The number of allylic oxidation sites excluding steroid dienone is 2. The minimum Gasteiger partial charge on any atom is -0.314 e. The van der Waals surface area contributed by atoms with Gasteiger partial charge in [-0.3, -0.25) is 9.78 Å². The van der Waals surface area contributed by atoms with E-state index in [1.807, 2.05) is 6.20 Å². The maximum Gasteiger partial charge on any atom is 0.0927 e. The molecule has 1 aromatic carbocycles. The predicted octanol–water partition coefficient (Wildman–Crippen LogP) is 4.29. The molecule has 3 aliphatic rings. The molecule has 2 N–H and O–H groups in total. The molecule has 0 spiro atoms. The van der Waals surface area contributed by atoms with E-state index >= 15 is 0 Å². The molecule has 1 aliphatic carbocycles. The second-order valence-electron chi connectivity index (χ2n) is 10.9. The Labute approximate surface area is 214 Å². The summed E-state index contributed by atoms with van der Waals surface area (Å²) in [5.74, 6) is 0.790. The number of nitrogens with one attached hydrogen (secondary N) is 2. The Morgan fingerprint density at radius 1 is 1.06 bits per heavy atom. The standard InChI is InChI=1S/C29H39N7/c1-34-14-10-26(11-15-34)36-21-23(19-31-36)4-8-28-27-18-25(7-9-29(27)33-32-28)24-5-2-22(3-6-24)20-35-16-12-30-13-17-35/h4-5,7-9,18-19,21-22,26,30H,2-3,6,10-17,20H2,1H3,(H,32,33)/b8-4+. The molecule has 6 rings (SSSR count). The van der Waals surface area contributed by atoms with Crippen LogP contribution in [-0.2, 0) is 0 Å². The van der Waals surface area contributed by atoms with E-state index < -0.39 is 0 Å². The first-order chi connectivity index (χ1) is 17.7. The zero-order valence-corrected chi connectivity index (χ0v) is 21.5. The molecule has 2 fully saturated rings. The molecule has 0 saturated carbocycles. The van der Waals surface area contributed by atoms with Gasteiger partial charge in [0.05, 0.1) is 23.4 Å². The molecular weight excluding hydrogens is 446 g/mol. The molecule has 190 valence electrons. The van der Waals surface area contributed by atoms with E-state index in [0.29, 0.717) is 6.04 Å². The van der Waals surface area contributed by atoms with Crippen molar-refractivity contribution in [2.45, 2.75) is 38.1 Å². The lowest BCUT2D eigenvalue weighted by atomic mass is 9.86. The number of aromatic amines is 1. The average molecular weight is 486 g/mol. The molecule has 3 aromatic rings. The van der Waals surface area contributed by atoms with Crippen LogP contribution in [-0.4, -0.2) is 82.6 Å². The number of H-pyrrole nitrogens is 1. The van der Waals surface area contributed by atoms with Gasteiger partial charge in [-0.2, -0.15) is 10.2 Å². The van der Waals surface area contributed by atoms with E-state index in [4.69, 9.17) is 0 Å². The van der Waals surface area contributed by atoms with Crippen molar-refractivity contribution >= 4 is 28.6 Å². The normalized spacial score (nSPS) is 23.0. The molecule has 1 atom stereocenters. The van der Waals surface area contributed by atoms with Crippen LogP contribution < -0.4 is 5.32 Å². The monoisotopic (exact) mass is 485 g/mol. The van der Waals surface area contributed by atoms with Crippen LogP contribution in [0.3, 0.4) is 0 Å². The largest absolute Gasteiger partial charge is 0.314 e. The fourth-order valence-electron chi connectivity index (χ4n) is 6.01. The van der Waals surface area contributed by atoms with Crippen LogP contribution in [0.2, 0.25) is 0 Å². The first kappa shape index (κ1) is 23.6. The van der Waals surface area contributed by atoms with Gasteiger partial charge in [0.1, 0.15) is 0 Å². The SMILES string of the molecule is CN1CCC(n2cc(/C=C/c3n[nH]c4ccc(C5=CCC(CN6CCNCC6)CC5)cc34)cn2)CC1. The molecule has 0 bridgehead atoms. The van der Waals surface area contributed by atoms with Gasteiger partial charge in [0.25, 0.3) is 0 Å². The number of hydrogen-bond acceptors (Lipinski definition) is 5. The van der Waals surface area contributed by atoms with Gasteiger partial charge in [0, 0.05) is 49.9 Å². The molecule has 0 amide bonds. The number of rotatable bonds is 6. The van der Waals surface area contributed by atoms with Gasteiger partial charge in [-0.25, -0.2) is 0 Å². The van der Waals surface area contributed by atoms with Gasteiger partial charge in [0.15, 0.2) is 0 Å². The number of likely N-dealkylation sites (tertiary alicyclic amines) is 1. The Bertz CT molecular complexity index is 1220. The van der Waals surface area contributed by atoms with Crippen LogP contribution >= 0.6 is 0 Å². The average Bonchev–Trinajstić information content (AvgIpc) is 3.56. The number of piperidine rings is 1. The van der Waals surface area contributed by atoms with Gasteiger partial charge in [-0.15, -0.1) is 0 Å². The number of benzene rings is 1. The summed E-state index contributed by atoms with van der Waals surface area (Å²) in [5, 5.41) is 17.1. The number of aromatic nitrogens is 4. The summed E-state index contributed by atoms with van der Waals surface area (Å²) in [5.41, 5.74) is 6.05. The highest BCUT2D eigenvalue weighted by Gasteiger charge is 2.21. The van der Waals surface area contributed by atoms with Crippen molar-refractivity contribution in [2.24, 2.45) is 5.92 Å². The van der Waals surface area contributed by atoms with Crippen molar-refractivity contribution in [2.75, 3.05) is 52.9 Å². The second kappa shape index (κ2) is 10.7. The molecule has 36 heavy (non-hydrogen) atoms. The van der Waals surface area contributed by atoms with Crippen LogP contribution in [0.4, 0.5) is 0 Å². The van der Waals surface area contributed by atoms with E-state index in [9.17, 15) is 0 Å². The van der Waals surface area contributed by atoms with Gasteiger partial charge in [0.2, 0.25) is 0 Å². The summed E-state index contributed by atoms with van der Waals surface area (Å²) in [7, 11) is 2.20. The highest BCUT2D eigenvalue weighted by molar-refractivity contribution is 5.91. The van der Waals surface area contributed by atoms with E-state index in [0.717, 1.165) is 48.9 Å². The maximum atomic E-state index is 4.65. The highest BCUT2D eigenvalue weighted by atomic mass is 15.3. The lowest BCUT2D eigenvalue weighted by Gasteiger charge is -2.32. The summed E-state index contributed by atoms with van der Waals surface area (Å²) in [6.45, 7) is 8.19. The first-order valence-corrected chi connectivity index (χ1v) is 13.7. The Morgan fingerprint density at radius 2 is 1.92 bits per heavy atom. The summed E-state index contributed by atoms with van der Waals surface area (Å²) in [4.78, 5) is 5.03.